The number of carboxylic acids is 1. The summed E-state index contributed by atoms with van der Waals surface area (Å²) in [5.74, 6) is -0.597. The standard InChI is InChI=1S/C14H10N2O3/c15-7-10-2-1-3-11(6-10)9-19-12-4-5-13(14(17)18)16-8-12/h1-6,8H,9H2,(H,17,18). The van der Waals surface area contributed by atoms with Crippen LogP contribution in [0.25, 0.3) is 0 Å². The molecule has 0 amide bonds. The quantitative estimate of drug-likeness (QED) is 0.904. The first-order valence-electron chi connectivity index (χ1n) is 5.50. The third kappa shape index (κ3) is 3.30. The van der Waals surface area contributed by atoms with Crippen molar-refractivity contribution < 1.29 is 14.6 Å². The van der Waals surface area contributed by atoms with Gasteiger partial charge in [-0.05, 0) is 29.8 Å². The van der Waals surface area contributed by atoms with E-state index in [0.29, 0.717) is 17.9 Å². The van der Waals surface area contributed by atoms with Gasteiger partial charge in [-0.25, -0.2) is 9.78 Å². The molecule has 0 saturated heterocycles. The number of nitriles is 1. The number of ether oxygens (including phenoxy) is 1. The molecule has 0 spiro atoms. The Morgan fingerprint density at radius 1 is 1.37 bits per heavy atom. The predicted octanol–water partition coefficient (Wildman–Crippen LogP) is 2.23. The Morgan fingerprint density at radius 3 is 2.84 bits per heavy atom. The molecular formula is C14H10N2O3. The Balaban J connectivity index is 2.02. The highest BCUT2D eigenvalue weighted by molar-refractivity contribution is 5.85. The topological polar surface area (TPSA) is 83.2 Å². The minimum absolute atomic E-state index is 0.0289. The SMILES string of the molecule is N#Cc1cccc(COc2ccc(C(=O)O)nc2)c1. The van der Waals surface area contributed by atoms with E-state index in [0.717, 1.165) is 5.56 Å². The van der Waals surface area contributed by atoms with Gasteiger partial charge in [0.05, 0.1) is 17.8 Å². The Labute approximate surface area is 109 Å². The van der Waals surface area contributed by atoms with Gasteiger partial charge in [0, 0.05) is 0 Å². The second kappa shape index (κ2) is 5.65. The molecule has 5 heteroatoms. The minimum Gasteiger partial charge on any atom is -0.487 e. The van der Waals surface area contributed by atoms with Crippen LogP contribution in [0, 0.1) is 11.3 Å². The molecular weight excluding hydrogens is 244 g/mol. The first-order valence-corrected chi connectivity index (χ1v) is 5.50. The number of aromatic nitrogens is 1. The molecule has 0 atom stereocenters. The van der Waals surface area contributed by atoms with Crippen molar-refractivity contribution in [2.45, 2.75) is 6.61 Å². The first-order chi connectivity index (χ1) is 9.19. The van der Waals surface area contributed by atoms with E-state index in [1.165, 1.54) is 12.3 Å². The molecule has 0 aliphatic heterocycles. The molecule has 2 aromatic rings. The molecule has 0 aliphatic carbocycles. The summed E-state index contributed by atoms with van der Waals surface area (Å²) in [6.45, 7) is 0.295. The fourth-order valence-corrected chi connectivity index (χ4v) is 1.49. The maximum Gasteiger partial charge on any atom is 0.354 e. The normalized spacial score (nSPS) is 9.63. The van der Waals surface area contributed by atoms with Gasteiger partial charge < -0.3 is 9.84 Å². The molecule has 0 unspecified atom stereocenters. The maximum atomic E-state index is 10.6. The number of carbonyl (C=O) groups is 1. The molecule has 0 radical (unpaired) electrons. The van der Waals surface area contributed by atoms with Crippen LogP contribution in [0.15, 0.2) is 42.6 Å². The molecule has 1 N–H and O–H groups in total. The van der Waals surface area contributed by atoms with Gasteiger partial charge in [-0.2, -0.15) is 5.26 Å². The van der Waals surface area contributed by atoms with Gasteiger partial charge in [-0.1, -0.05) is 12.1 Å². The molecule has 0 bridgehead atoms. The van der Waals surface area contributed by atoms with Crippen LogP contribution < -0.4 is 4.74 Å². The van der Waals surface area contributed by atoms with Crippen LogP contribution in [0.5, 0.6) is 5.75 Å². The van der Waals surface area contributed by atoms with Crippen LogP contribution in [0.2, 0.25) is 0 Å². The van der Waals surface area contributed by atoms with Crippen molar-refractivity contribution in [3.05, 3.63) is 59.4 Å². The van der Waals surface area contributed by atoms with Crippen molar-refractivity contribution in [3.8, 4) is 11.8 Å². The number of rotatable bonds is 4. The van der Waals surface area contributed by atoms with Gasteiger partial charge in [0.25, 0.3) is 0 Å². The van der Waals surface area contributed by atoms with E-state index in [1.54, 1.807) is 24.3 Å². The van der Waals surface area contributed by atoms with Crippen LogP contribution in [0.4, 0.5) is 0 Å². The van der Waals surface area contributed by atoms with Crippen molar-refractivity contribution >= 4 is 5.97 Å². The predicted molar refractivity (Wildman–Crippen MR) is 66.7 cm³/mol. The average Bonchev–Trinajstić information content (AvgIpc) is 2.46. The first kappa shape index (κ1) is 12.6. The summed E-state index contributed by atoms with van der Waals surface area (Å²) in [6.07, 6.45) is 1.36. The molecule has 19 heavy (non-hydrogen) atoms. The lowest BCUT2D eigenvalue weighted by atomic mass is 10.1. The maximum absolute atomic E-state index is 10.6. The van der Waals surface area contributed by atoms with Crippen LogP contribution >= 0.6 is 0 Å². The molecule has 1 heterocycles. The zero-order chi connectivity index (χ0) is 13.7. The number of benzene rings is 1. The smallest absolute Gasteiger partial charge is 0.354 e. The monoisotopic (exact) mass is 254 g/mol. The second-order valence-electron chi connectivity index (χ2n) is 3.79. The lowest BCUT2D eigenvalue weighted by Crippen LogP contribution is -2.01. The minimum atomic E-state index is -1.08. The highest BCUT2D eigenvalue weighted by Crippen LogP contribution is 2.12. The Bertz CT molecular complexity index is 630. The van der Waals surface area contributed by atoms with Gasteiger partial charge in [-0.3, -0.25) is 0 Å². The summed E-state index contributed by atoms with van der Waals surface area (Å²) in [6, 6.07) is 12.1. The number of hydrogen-bond acceptors (Lipinski definition) is 4. The fourth-order valence-electron chi connectivity index (χ4n) is 1.49. The molecule has 5 nitrogen and oxygen atoms in total. The summed E-state index contributed by atoms with van der Waals surface area (Å²) in [5, 5.41) is 17.5. The van der Waals surface area contributed by atoms with Gasteiger partial charge in [0.1, 0.15) is 18.1 Å². The highest BCUT2D eigenvalue weighted by Gasteiger charge is 2.04. The van der Waals surface area contributed by atoms with E-state index >= 15 is 0 Å². The van der Waals surface area contributed by atoms with E-state index in [4.69, 9.17) is 15.1 Å². The number of pyridine rings is 1. The van der Waals surface area contributed by atoms with Crippen LogP contribution in [-0.2, 0) is 6.61 Å². The Morgan fingerprint density at radius 2 is 2.21 bits per heavy atom. The van der Waals surface area contributed by atoms with Crippen LogP contribution in [0.1, 0.15) is 21.6 Å². The van der Waals surface area contributed by atoms with E-state index < -0.39 is 5.97 Å². The fraction of sp³-hybridized carbons (Fsp3) is 0.0714. The molecule has 0 aliphatic rings. The summed E-state index contributed by atoms with van der Waals surface area (Å²) < 4.78 is 5.46. The van der Waals surface area contributed by atoms with Gasteiger partial charge in [0.15, 0.2) is 0 Å². The Hall–Kier alpha value is -2.87. The third-order valence-electron chi connectivity index (χ3n) is 2.42. The van der Waals surface area contributed by atoms with Gasteiger partial charge in [0.2, 0.25) is 0 Å². The van der Waals surface area contributed by atoms with Crippen molar-refractivity contribution in [1.29, 1.82) is 5.26 Å². The number of carboxylic acid groups (broad SMARTS) is 1. The number of nitrogens with zero attached hydrogens (tertiary/aromatic N) is 2. The van der Waals surface area contributed by atoms with E-state index in [-0.39, 0.29) is 5.69 Å². The van der Waals surface area contributed by atoms with Crippen molar-refractivity contribution in [2.75, 3.05) is 0 Å². The van der Waals surface area contributed by atoms with E-state index in [2.05, 4.69) is 11.1 Å². The van der Waals surface area contributed by atoms with Crippen molar-refractivity contribution in [3.63, 3.8) is 0 Å². The lowest BCUT2D eigenvalue weighted by molar-refractivity contribution is 0.0690. The summed E-state index contributed by atoms with van der Waals surface area (Å²) in [7, 11) is 0. The number of aromatic carboxylic acids is 1. The second-order valence-corrected chi connectivity index (χ2v) is 3.79. The van der Waals surface area contributed by atoms with Gasteiger partial charge in [-0.15, -0.1) is 0 Å². The third-order valence-corrected chi connectivity index (χ3v) is 2.42. The van der Waals surface area contributed by atoms with E-state index in [9.17, 15) is 4.79 Å². The zero-order valence-electron chi connectivity index (χ0n) is 9.91. The molecule has 94 valence electrons. The van der Waals surface area contributed by atoms with Crippen molar-refractivity contribution in [2.24, 2.45) is 0 Å². The van der Waals surface area contributed by atoms with Crippen LogP contribution in [0.3, 0.4) is 0 Å². The summed E-state index contributed by atoms with van der Waals surface area (Å²) in [5.41, 5.74) is 1.40. The number of hydrogen-bond donors (Lipinski definition) is 1. The van der Waals surface area contributed by atoms with Crippen LogP contribution in [-0.4, -0.2) is 16.1 Å². The molecule has 2 rings (SSSR count). The highest BCUT2D eigenvalue weighted by atomic mass is 16.5. The largest absolute Gasteiger partial charge is 0.487 e. The molecule has 1 aromatic heterocycles. The molecule has 0 saturated carbocycles. The summed E-state index contributed by atoms with van der Waals surface area (Å²) in [4.78, 5) is 14.4. The molecule has 1 aromatic carbocycles. The lowest BCUT2D eigenvalue weighted by Gasteiger charge is -2.06. The van der Waals surface area contributed by atoms with Crippen molar-refractivity contribution in [1.82, 2.24) is 4.98 Å². The van der Waals surface area contributed by atoms with Gasteiger partial charge >= 0.3 is 5.97 Å². The molecule has 0 fully saturated rings. The average molecular weight is 254 g/mol. The zero-order valence-corrected chi connectivity index (χ0v) is 9.91. The summed E-state index contributed by atoms with van der Waals surface area (Å²) >= 11 is 0. The van der Waals surface area contributed by atoms with E-state index in [1.807, 2.05) is 6.07 Å². The Kier molecular flexibility index (Phi) is 3.74.